The fourth-order valence-corrected chi connectivity index (χ4v) is 5.18. The molecule has 2 aliphatic rings. The number of hydrogen-bond donors (Lipinski definition) is 0. The normalized spacial score (nSPS) is 16.9. The molecule has 5 nitrogen and oxygen atoms in total. The third-order valence-corrected chi connectivity index (χ3v) is 6.86. The Hall–Kier alpha value is -4.12. The Kier molecular flexibility index (Phi) is 5.02. The van der Waals surface area contributed by atoms with E-state index in [4.69, 9.17) is 9.47 Å². The summed E-state index contributed by atoms with van der Waals surface area (Å²) in [4.78, 5) is 27.1. The first-order valence-electron chi connectivity index (χ1n) is 11.5. The fourth-order valence-electron chi connectivity index (χ4n) is 5.18. The van der Waals surface area contributed by atoms with Crippen molar-refractivity contribution in [2.45, 2.75) is 18.4 Å². The van der Waals surface area contributed by atoms with Crippen LogP contribution in [-0.4, -0.2) is 36.3 Å². The largest absolute Gasteiger partial charge is 0.448 e. The van der Waals surface area contributed by atoms with E-state index < -0.39 is 18.1 Å². The van der Waals surface area contributed by atoms with E-state index in [-0.39, 0.29) is 19.3 Å². The van der Waals surface area contributed by atoms with E-state index in [1.165, 1.54) is 16.0 Å². The maximum atomic E-state index is 13.1. The van der Waals surface area contributed by atoms with E-state index in [2.05, 4.69) is 24.3 Å². The molecule has 1 amide bonds. The second-order valence-corrected chi connectivity index (χ2v) is 8.72. The lowest BCUT2D eigenvalue weighted by Crippen LogP contribution is -2.40. The van der Waals surface area contributed by atoms with Crippen LogP contribution in [0.5, 0.6) is 0 Å². The van der Waals surface area contributed by atoms with Gasteiger partial charge in [-0.1, -0.05) is 91.0 Å². The predicted molar refractivity (Wildman–Crippen MR) is 129 cm³/mol. The Labute approximate surface area is 197 Å². The average Bonchev–Trinajstić information content (AvgIpc) is 3.40. The average molecular weight is 450 g/mol. The molecule has 1 aliphatic carbocycles. The van der Waals surface area contributed by atoms with Gasteiger partial charge in [0.15, 0.2) is 6.73 Å². The molecule has 0 saturated carbocycles. The molecule has 4 aromatic rings. The van der Waals surface area contributed by atoms with Gasteiger partial charge >= 0.3 is 12.1 Å². The maximum absolute atomic E-state index is 13.1. The van der Waals surface area contributed by atoms with Crippen molar-refractivity contribution in [1.29, 1.82) is 0 Å². The molecule has 1 saturated heterocycles. The van der Waals surface area contributed by atoms with E-state index >= 15 is 0 Å². The van der Waals surface area contributed by atoms with Crippen molar-refractivity contribution in [3.05, 3.63) is 108 Å². The van der Waals surface area contributed by atoms with Crippen LogP contribution in [0, 0.1) is 0 Å². The van der Waals surface area contributed by atoms with Crippen LogP contribution in [0.15, 0.2) is 91.0 Å². The van der Waals surface area contributed by atoms with Gasteiger partial charge in [-0.2, -0.15) is 0 Å². The smallest absolute Gasteiger partial charge is 0.413 e. The molecular weight excluding hydrogens is 426 g/mol. The number of carbonyl (C=O) groups is 2. The standard InChI is InChI=1S/C29H23NO4/c31-28-27(16-20-10-7-9-19-8-1-2-11-21(19)20)30(18-34-28)29(32)33-17-26-24-14-5-3-12-22(24)23-13-4-6-15-25(23)26/h1-15,26-27H,16-18H2/t27-/m0/s1. The van der Waals surface area contributed by atoms with Crippen LogP contribution < -0.4 is 0 Å². The SMILES string of the molecule is O=C1OCN(C(=O)OCC2c3ccccc3-c3ccccc32)[C@H]1Cc1cccc2ccccc12. The number of fused-ring (bicyclic) bond motifs is 4. The number of hydrogen-bond acceptors (Lipinski definition) is 4. The van der Waals surface area contributed by atoms with Crippen molar-refractivity contribution >= 4 is 22.8 Å². The topological polar surface area (TPSA) is 55.8 Å². The van der Waals surface area contributed by atoms with Crippen molar-refractivity contribution in [3.63, 3.8) is 0 Å². The first kappa shape index (κ1) is 20.5. The van der Waals surface area contributed by atoms with E-state index in [0.717, 1.165) is 27.5 Å². The summed E-state index contributed by atoms with van der Waals surface area (Å²) in [6.45, 7) is 0.115. The van der Waals surface area contributed by atoms with Gasteiger partial charge in [-0.3, -0.25) is 4.90 Å². The zero-order valence-corrected chi connectivity index (χ0v) is 18.5. The third kappa shape index (κ3) is 3.41. The third-order valence-electron chi connectivity index (χ3n) is 6.86. The van der Waals surface area contributed by atoms with Gasteiger partial charge in [0.2, 0.25) is 0 Å². The van der Waals surface area contributed by atoms with Gasteiger partial charge in [0, 0.05) is 12.3 Å². The number of carbonyl (C=O) groups excluding carboxylic acids is 2. The summed E-state index contributed by atoms with van der Waals surface area (Å²) in [6, 6.07) is 29.7. The van der Waals surface area contributed by atoms with Crippen LogP contribution in [0.25, 0.3) is 21.9 Å². The molecule has 4 aromatic carbocycles. The number of cyclic esters (lactones) is 1. The van der Waals surface area contributed by atoms with E-state index in [1.807, 2.05) is 66.7 Å². The lowest BCUT2D eigenvalue weighted by atomic mass is 9.98. The minimum absolute atomic E-state index is 0.0351. The molecule has 5 heteroatoms. The molecule has 0 bridgehead atoms. The van der Waals surface area contributed by atoms with Crippen molar-refractivity contribution < 1.29 is 19.1 Å². The lowest BCUT2D eigenvalue weighted by Gasteiger charge is -2.22. The molecule has 6 rings (SSSR count). The van der Waals surface area contributed by atoms with E-state index in [1.54, 1.807) is 0 Å². The molecule has 0 radical (unpaired) electrons. The quantitative estimate of drug-likeness (QED) is 0.385. The summed E-state index contributed by atoms with van der Waals surface area (Å²) in [7, 11) is 0. The number of nitrogens with zero attached hydrogens (tertiary/aromatic N) is 1. The van der Waals surface area contributed by atoms with Crippen molar-refractivity contribution in [3.8, 4) is 11.1 Å². The summed E-state index contributed by atoms with van der Waals surface area (Å²) >= 11 is 0. The van der Waals surface area contributed by atoms with Gasteiger partial charge in [-0.05, 0) is 38.6 Å². The van der Waals surface area contributed by atoms with E-state index in [9.17, 15) is 9.59 Å². The van der Waals surface area contributed by atoms with Gasteiger partial charge < -0.3 is 9.47 Å². The lowest BCUT2D eigenvalue weighted by molar-refractivity contribution is -0.139. The Morgan fingerprint density at radius 2 is 1.50 bits per heavy atom. The van der Waals surface area contributed by atoms with Crippen molar-refractivity contribution in [2.75, 3.05) is 13.3 Å². The van der Waals surface area contributed by atoms with Gasteiger partial charge in [-0.25, -0.2) is 9.59 Å². The first-order chi connectivity index (χ1) is 16.7. The highest BCUT2D eigenvalue weighted by molar-refractivity contribution is 5.88. The molecule has 1 atom stereocenters. The highest BCUT2D eigenvalue weighted by Crippen LogP contribution is 2.44. The molecule has 1 fully saturated rings. The van der Waals surface area contributed by atoms with Crippen LogP contribution in [-0.2, 0) is 20.7 Å². The zero-order chi connectivity index (χ0) is 23.1. The van der Waals surface area contributed by atoms with Crippen LogP contribution in [0.3, 0.4) is 0 Å². The maximum Gasteiger partial charge on any atom is 0.413 e. The van der Waals surface area contributed by atoms with Crippen molar-refractivity contribution in [2.24, 2.45) is 0 Å². The molecule has 1 heterocycles. The van der Waals surface area contributed by atoms with Gasteiger partial charge in [0.05, 0.1) is 0 Å². The van der Waals surface area contributed by atoms with Crippen LogP contribution in [0.2, 0.25) is 0 Å². The summed E-state index contributed by atoms with van der Waals surface area (Å²) < 4.78 is 11.0. The second-order valence-electron chi connectivity index (χ2n) is 8.72. The molecule has 0 N–H and O–H groups in total. The van der Waals surface area contributed by atoms with Gasteiger partial charge in [-0.15, -0.1) is 0 Å². The van der Waals surface area contributed by atoms with Crippen LogP contribution >= 0.6 is 0 Å². The number of amides is 1. The van der Waals surface area contributed by atoms with Crippen LogP contribution in [0.1, 0.15) is 22.6 Å². The molecule has 0 spiro atoms. The second kappa shape index (κ2) is 8.34. The molecule has 34 heavy (non-hydrogen) atoms. The van der Waals surface area contributed by atoms with Crippen molar-refractivity contribution in [1.82, 2.24) is 4.90 Å². The molecule has 1 aliphatic heterocycles. The summed E-state index contributed by atoms with van der Waals surface area (Å²) in [6.07, 6.45) is -0.150. The summed E-state index contributed by atoms with van der Waals surface area (Å²) in [5.41, 5.74) is 5.65. The minimum Gasteiger partial charge on any atom is -0.448 e. The number of esters is 1. The van der Waals surface area contributed by atoms with E-state index in [0.29, 0.717) is 6.42 Å². The Bertz CT molecular complexity index is 1360. The zero-order valence-electron chi connectivity index (χ0n) is 18.5. The minimum atomic E-state index is -0.707. The predicted octanol–water partition coefficient (Wildman–Crippen LogP) is 5.52. The highest BCUT2D eigenvalue weighted by atomic mass is 16.6. The van der Waals surface area contributed by atoms with Gasteiger partial charge in [0.25, 0.3) is 0 Å². The molecule has 0 aromatic heterocycles. The molecule has 168 valence electrons. The number of ether oxygens (including phenoxy) is 2. The Morgan fingerprint density at radius 1 is 0.853 bits per heavy atom. The first-order valence-corrected chi connectivity index (χ1v) is 11.5. The van der Waals surface area contributed by atoms with Gasteiger partial charge in [0.1, 0.15) is 12.6 Å². The van der Waals surface area contributed by atoms with Crippen LogP contribution in [0.4, 0.5) is 4.79 Å². The summed E-state index contributed by atoms with van der Waals surface area (Å²) in [5, 5.41) is 2.16. The number of benzene rings is 4. The number of rotatable bonds is 4. The molecule has 0 unspecified atom stereocenters. The fraction of sp³-hybridized carbons (Fsp3) is 0.172. The Morgan fingerprint density at radius 3 is 2.26 bits per heavy atom. The monoisotopic (exact) mass is 449 g/mol. The highest BCUT2D eigenvalue weighted by Gasteiger charge is 2.39. The summed E-state index contributed by atoms with van der Waals surface area (Å²) in [5.74, 6) is -0.437. The Balaban J connectivity index is 1.21. The molecular formula is C29H23NO4.